The number of amides is 1. The van der Waals surface area contributed by atoms with E-state index in [1.807, 2.05) is 20.2 Å². The van der Waals surface area contributed by atoms with Gasteiger partial charge in [0.05, 0.1) is 12.0 Å². The lowest BCUT2D eigenvalue weighted by Crippen LogP contribution is -2.45. The van der Waals surface area contributed by atoms with E-state index in [0.29, 0.717) is 19.0 Å². The fraction of sp³-hybridized carbons (Fsp3) is 0.476. The van der Waals surface area contributed by atoms with Gasteiger partial charge in [-0.15, -0.1) is 0 Å². The summed E-state index contributed by atoms with van der Waals surface area (Å²) in [5.41, 5.74) is 2.46. The fourth-order valence-corrected chi connectivity index (χ4v) is 3.56. The highest BCUT2D eigenvalue weighted by molar-refractivity contribution is 5.79. The van der Waals surface area contributed by atoms with Crippen LogP contribution >= 0.6 is 0 Å². The summed E-state index contributed by atoms with van der Waals surface area (Å²) in [7, 11) is 4.09. The van der Waals surface area contributed by atoms with Gasteiger partial charge in [-0.05, 0) is 45.5 Å². The number of carbonyl (C=O) groups excluding carboxylic acids is 1. The van der Waals surface area contributed by atoms with Crippen LogP contribution < -0.4 is 10.2 Å². The molecule has 1 saturated heterocycles. The number of benzene rings is 1. The zero-order chi connectivity index (χ0) is 19.2. The number of likely N-dealkylation sites (N-methyl/N-ethyl adjacent to an activating group) is 1. The second-order valence-corrected chi connectivity index (χ2v) is 7.47. The van der Waals surface area contributed by atoms with E-state index in [1.54, 1.807) is 12.4 Å². The third-order valence-corrected chi connectivity index (χ3v) is 5.18. The van der Waals surface area contributed by atoms with E-state index in [9.17, 15) is 4.79 Å². The van der Waals surface area contributed by atoms with Crippen LogP contribution in [-0.4, -0.2) is 54.5 Å². The molecule has 6 heteroatoms. The SMILES string of the molecule is Cc1ccc([C@H](CNC(=O)[C@@H]2CCCN(c3ncccn3)C2)N(C)C)cc1. The van der Waals surface area contributed by atoms with E-state index >= 15 is 0 Å². The lowest BCUT2D eigenvalue weighted by molar-refractivity contribution is -0.125. The van der Waals surface area contributed by atoms with Crippen molar-refractivity contribution in [1.29, 1.82) is 0 Å². The summed E-state index contributed by atoms with van der Waals surface area (Å²) in [5.74, 6) is 0.804. The molecule has 0 spiro atoms. The molecule has 3 rings (SSSR count). The van der Waals surface area contributed by atoms with Gasteiger partial charge in [0.1, 0.15) is 0 Å². The van der Waals surface area contributed by atoms with Crippen molar-refractivity contribution in [2.24, 2.45) is 5.92 Å². The van der Waals surface area contributed by atoms with Gasteiger partial charge in [0, 0.05) is 32.0 Å². The number of aromatic nitrogens is 2. The standard InChI is InChI=1S/C21H29N5O/c1-16-7-9-17(10-8-16)19(25(2)3)14-24-20(27)18-6-4-13-26(15-18)21-22-11-5-12-23-21/h5,7-12,18-19H,4,6,13-15H2,1-3H3,(H,24,27)/t18-,19+/m1/s1. The van der Waals surface area contributed by atoms with Crippen molar-refractivity contribution in [3.63, 3.8) is 0 Å². The number of hydrogen-bond acceptors (Lipinski definition) is 5. The largest absolute Gasteiger partial charge is 0.354 e. The second-order valence-electron chi connectivity index (χ2n) is 7.47. The molecule has 2 aromatic rings. The lowest BCUT2D eigenvalue weighted by atomic mass is 9.97. The Balaban J connectivity index is 1.59. The molecule has 2 atom stereocenters. The van der Waals surface area contributed by atoms with E-state index in [4.69, 9.17) is 0 Å². The molecule has 1 aromatic carbocycles. The molecule has 144 valence electrons. The van der Waals surface area contributed by atoms with Crippen LogP contribution in [0.5, 0.6) is 0 Å². The van der Waals surface area contributed by atoms with Crippen LogP contribution in [-0.2, 0) is 4.79 Å². The second kappa shape index (κ2) is 8.95. The first-order valence-corrected chi connectivity index (χ1v) is 9.57. The zero-order valence-electron chi connectivity index (χ0n) is 16.4. The minimum absolute atomic E-state index is 0.0246. The highest BCUT2D eigenvalue weighted by Gasteiger charge is 2.27. The molecule has 1 aliphatic rings. The Hall–Kier alpha value is -2.47. The summed E-state index contributed by atoms with van der Waals surface area (Å²) in [6.45, 7) is 4.26. The van der Waals surface area contributed by atoms with Crippen molar-refractivity contribution >= 4 is 11.9 Å². The Labute approximate surface area is 161 Å². The van der Waals surface area contributed by atoms with E-state index < -0.39 is 0 Å². The number of aryl methyl sites for hydroxylation is 1. The quantitative estimate of drug-likeness (QED) is 0.850. The van der Waals surface area contributed by atoms with Gasteiger partial charge in [0.25, 0.3) is 0 Å². The first kappa shape index (κ1) is 19.3. The highest BCUT2D eigenvalue weighted by atomic mass is 16.1. The fourth-order valence-electron chi connectivity index (χ4n) is 3.56. The van der Waals surface area contributed by atoms with Crippen molar-refractivity contribution in [3.05, 3.63) is 53.9 Å². The summed E-state index contributed by atoms with van der Waals surface area (Å²) in [6.07, 6.45) is 5.38. The van der Waals surface area contributed by atoms with E-state index in [-0.39, 0.29) is 17.9 Å². The number of nitrogens with one attached hydrogen (secondary N) is 1. The molecule has 1 amide bonds. The van der Waals surface area contributed by atoms with Gasteiger partial charge < -0.3 is 15.1 Å². The molecule has 1 aliphatic heterocycles. The number of rotatable bonds is 6. The maximum Gasteiger partial charge on any atom is 0.225 e. The van der Waals surface area contributed by atoms with Crippen LogP contribution in [0, 0.1) is 12.8 Å². The third kappa shape index (κ3) is 5.04. The minimum Gasteiger partial charge on any atom is -0.354 e. The predicted molar refractivity (Wildman–Crippen MR) is 108 cm³/mol. The van der Waals surface area contributed by atoms with Crippen molar-refractivity contribution in [1.82, 2.24) is 20.2 Å². The third-order valence-electron chi connectivity index (χ3n) is 5.18. The van der Waals surface area contributed by atoms with Crippen LogP contribution in [0.4, 0.5) is 5.95 Å². The molecule has 6 nitrogen and oxygen atoms in total. The molecule has 0 aliphatic carbocycles. The summed E-state index contributed by atoms with van der Waals surface area (Å²) < 4.78 is 0. The molecule has 1 aromatic heterocycles. The number of anilines is 1. The molecule has 0 saturated carbocycles. The van der Waals surface area contributed by atoms with Gasteiger partial charge in [0.15, 0.2) is 0 Å². The van der Waals surface area contributed by atoms with Gasteiger partial charge in [-0.2, -0.15) is 0 Å². The first-order valence-electron chi connectivity index (χ1n) is 9.57. The van der Waals surface area contributed by atoms with Crippen LogP contribution in [0.2, 0.25) is 0 Å². The van der Waals surface area contributed by atoms with Crippen molar-refractivity contribution < 1.29 is 4.79 Å². The number of nitrogens with zero attached hydrogens (tertiary/aromatic N) is 4. The summed E-state index contributed by atoms with van der Waals surface area (Å²) in [5, 5.41) is 3.17. The highest BCUT2D eigenvalue weighted by Crippen LogP contribution is 2.21. The normalized spacial score (nSPS) is 18.4. The van der Waals surface area contributed by atoms with E-state index in [1.165, 1.54) is 11.1 Å². The Morgan fingerprint density at radius 1 is 1.26 bits per heavy atom. The van der Waals surface area contributed by atoms with E-state index in [2.05, 4.69) is 56.3 Å². The van der Waals surface area contributed by atoms with Gasteiger partial charge >= 0.3 is 0 Å². The van der Waals surface area contributed by atoms with Crippen LogP contribution in [0.3, 0.4) is 0 Å². The van der Waals surface area contributed by atoms with E-state index in [0.717, 1.165) is 19.4 Å². The molecule has 27 heavy (non-hydrogen) atoms. The Bertz CT molecular complexity index is 732. The smallest absolute Gasteiger partial charge is 0.225 e. The lowest BCUT2D eigenvalue weighted by Gasteiger charge is -2.32. The molecular formula is C21H29N5O. The molecule has 2 heterocycles. The summed E-state index contributed by atoms with van der Waals surface area (Å²) in [4.78, 5) is 25.7. The monoisotopic (exact) mass is 367 g/mol. The van der Waals surface area contributed by atoms with Crippen molar-refractivity contribution in [3.8, 4) is 0 Å². The average molecular weight is 367 g/mol. The van der Waals surface area contributed by atoms with Gasteiger partial charge in [-0.3, -0.25) is 4.79 Å². The van der Waals surface area contributed by atoms with Gasteiger partial charge in [-0.25, -0.2) is 9.97 Å². The van der Waals surface area contributed by atoms with Crippen LogP contribution in [0.25, 0.3) is 0 Å². The minimum atomic E-state index is -0.0246. The first-order chi connectivity index (χ1) is 13.0. The Morgan fingerprint density at radius 2 is 1.96 bits per heavy atom. The number of piperidine rings is 1. The summed E-state index contributed by atoms with van der Waals surface area (Å²) in [6, 6.07) is 10.5. The Morgan fingerprint density at radius 3 is 2.63 bits per heavy atom. The molecule has 1 fully saturated rings. The predicted octanol–water partition coefficient (Wildman–Crippen LogP) is 2.42. The zero-order valence-corrected chi connectivity index (χ0v) is 16.4. The van der Waals surface area contributed by atoms with Gasteiger partial charge in [0.2, 0.25) is 11.9 Å². The van der Waals surface area contributed by atoms with Crippen molar-refractivity contribution in [2.75, 3.05) is 38.6 Å². The topological polar surface area (TPSA) is 61.4 Å². The molecule has 0 radical (unpaired) electrons. The number of carbonyl (C=O) groups is 1. The summed E-state index contributed by atoms with van der Waals surface area (Å²) >= 11 is 0. The van der Waals surface area contributed by atoms with Crippen LogP contribution in [0.15, 0.2) is 42.7 Å². The maximum atomic E-state index is 12.8. The van der Waals surface area contributed by atoms with Crippen LogP contribution in [0.1, 0.15) is 30.0 Å². The molecular weight excluding hydrogens is 338 g/mol. The average Bonchev–Trinajstić information content (AvgIpc) is 2.70. The molecule has 0 bridgehead atoms. The molecule has 1 N–H and O–H groups in total. The number of hydrogen-bond donors (Lipinski definition) is 1. The maximum absolute atomic E-state index is 12.8. The Kier molecular flexibility index (Phi) is 6.40. The van der Waals surface area contributed by atoms with Crippen molar-refractivity contribution in [2.45, 2.75) is 25.8 Å². The van der Waals surface area contributed by atoms with Gasteiger partial charge in [-0.1, -0.05) is 29.8 Å². The molecule has 0 unspecified atom stereocenters.